The summed E-state index contributed by atoms with van der Waals surface area (Å²) in [6.07, 6.45) is 0.558. The third kappa shape index (κ3) is 2.06. The number of carbonyl (C=O) groups is 2. The summed E-state index contributed by atoms with van der Waals surface area (Å²) >= 11 is 0. The molecule has 1 aliphatic carbocycles. The quantitative estimate of drug-likeness (QED) is 0.508. The Labute approximate surface area is 132 Å². The lowest BCUT2D eigenvalue weighted by atomic mass is 9.95. The van der Waals surface area contributed by atoms with Gasteiger partial charge in [0.25, 0.3) is 6.29 Å². The molecule has 0 aromatic heterocycles. The second-order valence-electron chi connectivity index (χ2n) is 5.76. The zero-order valence-corrected chi connectivity index (χ0v) is 12.3. The van der Waals surface area contributed by atoms with Crippen LogP contribution in [0.1, 0.15) is 30.3 Å². The highest BCUT2D eigenvalue weighted by molar-refractivity contribution is 5.92. The molecule has 0 bridgehead atoms. The molecule has 1 aromatic carbocycles. The number of esters is 2. The van der Waals surface area contributed by atoms with Crippen LogP contribution in [0.5, 0.6) is 0 Å². The van der Waals surface area contributed by atoms with Gasteiger partial charge >= 0.3 is 11.9 Å². The smallest absolute Gasteiger partial charge is 0.338 e. The van der Waals surface area contributed by atoms with Crippen LogP contribution in [0, 0.1) is 5.92 Å². The van der Waals surface area contributed by atoms with Crippen LogP contribution in [-0.4, -0.2) is 23.3 Å². The molecular formula is C17H14O6. The minimum absolute atomic E-state index is 0.243. The maximum atomic E-state index is 12.1. The Morgan fingerprint density at radius 3 is 2.57 bits per heavy atom. The summed E-state index contributed by atoms with van der Waals surface area (Å²) in [7, 11) is 0. The molecule has 1 N–H and O–H groups in total. The van der Waals surface area contributed by atoms with Crippen molar-refractivity contribution in [2.75, 3.05) is 0 Å². The summed E-state index contributed by atoms with van der Waals surface area (Å²) in [6, 6.07) is 7.32. The second kappa shape index (κ2) is 4.96. The fourth-order valence-corrected chi connectivity index (χ4v) is 3.22. The topological polar surface area (TPSA) is 82.1 Å². The normalized spacial score (nSPS) is 33.1. The molecule has 1 fully saturated rings. The van der Waals surface area contributed by atoms with Crippen molar-refractivity contribution in [3.05, 3.63) is 58.9 Å². The number of cyclic esters (lactones) is 1. The van der Waals surface area contributed by atoms with Crippen molar-refractivity contribution in [2.24, 2.45) is 5.92 Å². The number of hydrogen-bond acceptors (Lipinski definition) is 6. The third-order valence-corrected chi connectivity index (χ3v) is 4.38. The van der Waals surface area contributed by atoms with E-state index in [0.29, 0.717) is 5.57 Å². The Morgan fingerprint density at radius 2 is 1.87 bits per heavy atom. The summed E-state index contributed by atoms with van der Waals surface area (Å²) in [5.41, 5.74) is 2.26. The van der Waals surface area contributed by atoms with E-state index in [1.54, 1.807) is 6.92 Å². The summed E-state index contributed by atoms with van der Waals surface area (Å²) in [4.78, 5) is 23.4. The first-order valence-electron chi connectivity index (χ1n) is 7.29. The number of ether oxygens (including phenoxy) is 3. The van der Waals surface area contributed by atoms with Crippen molar-refractivity contribution >= 4 is 11.9 Å². The van der Waals surface area contributed by atoms with Crippen LogP contribution in [0.25, 0.3) is 0 Å². The van der Waals surface area contributed by atoms with E-state index in [9.17, 15) is 14.7 Å². The first-order chi connectivity index (χ1) is 11.1. The van der Waals surface area contributed by atoms with Crippen molar-refractivity contribution in [3.63, 3.8) is 0 Å². The standard InChI is InChI=1S/C17H14O6/c1-8-6-12(22-16(8)19)21-7-11-13-14(18)9-4-2-3-5-10(9)15(13)23-17(11)20/h2-7,12-15,18H,1H3/b11-7-/t12-,13+,14-,15-/m1/s1. The molecule has 0 saturated carbocycles. The van der Waals surface area contributed by atoms with E-state index >= 15 is 0 Å². The molecule has 23 heavy (non-hydrogen) atoms. The van der Waals surface area contributed by atoms with Gasteiger partial charge in [0.15, 0.2) is 0 Å². The molecule has 4 atom stereocenters. The van der Waals surface area contributed by atoms with Gasteiger partial charge in [-0.2, -0.15) is 0 Å². The van der Waals surface area contributed by atoms with Crippen LogP contribution in [-0.2, 0) is 23.8 Å². The lowest BCUT2D eigenvalue weighted by Crippen LogP contribution is -2.14. The zero-order valence-electron chi connectivity index (χ0n) is 12.3. The van der Waals surface area contributed by atoms with Crippen LogP contribution < -0.4 is 0 Å². The summed E-state index contributed by atoms with van der Waals surface area (Å²) < 4.78 is 15.7. The monoisotopic (exact) mass is 314 g/mol. The highest BCUT2D eigenvalue weighted by Gasteiger charge is 2.51. The van der Waals surface area contributed by atoms with E-state index in [-0.39, 0.29) is 5.57 Å². The van der Waals surface area contributed by atoms with Gasteiger partial charge in [0.2, 0.25) is 0 Å². The molecule has 4 rings (SSSR count). The Morgan fingerprint density at radius 1 is 1.13 bits per heavy atom. The summed E-state index contributed by atoms with van der Waals surface area (Å²) in [6.45, 7) is 1.62. The largest absolute Gasteiger partial charge is 0.458 e. The average molecular weight is 314 g/mol. The van der Waals surface area contributed by atoms with Crippen LogP contribution in [0.4, 0.5) is 0 Å². The molecule has 3 aliphatic rings. The number of carbonyl (C=O) groups excluding carboxylic acids is 2. The SMILES string of the molecule is CC1=C[C@H](O/C=C2\C(=O)O[C@@H]3c4ccccc4[C@@H](O)[C@H]23)OC1=O. The van der Waals surface area contributed by atoms with E-state index in [1.807, 2.05) is 24.3 Å². The number of aliphatic hydroxyl groups excluding tert-OH is 1. The molecule has 0 amide bonds. The number of aliphatic hydroxyl groups is 1. The Bertz CT molecular complexity index is 762. The molecule has 2 aliphatic heterocycles. The minimum Gasteiger partial charge on any atom is -0.458 e. The molecular weight excluding hydrogens is 300 g/mol. The molecule has 0 radical (unpaired) electrons. The van der Waals surface area contributed by atoms with Gasteiger partial charge in [-0.3, -0.25) is 0 Å². The number of hydrogen-bond donors (Lipinski definition) is 1. The Kier molecular flexibility index (Phi) is 3.02. The first kappa shape index (κ1) is 14.0. The van der Waals surface area contributed by atoms with Gasteiger partial charge in [0, 0.05) is 11.6 Å². The molecule has 0 unspecified atom stereocenters. The van der Waals surface area contributed by atoms with Crippen LogP contribution in [0.2, 0.25) is 0 Å². The Hall–Kier alpha value is -2.60. The van der Waals surface area contributed by atoms with Crippen LogP contribution >= 0.6 is 0 Å². The van der Waals surface area contributed by atoms with Gasteiger partial charge in [0.1, 0.15) is 6.10 Å². The van der Waals surface area contributed by atoms with Crippen molar-refractivity contribution in [3.8, 4) is 0 Å². The van der Waals surface area contributed by atoms with E-state index in [0.717, 1.165) is 11.1 Å². The van der Waals surface area contributed by atoms with Crippen molar-refractivity contribution < 1.29 is 28.9 Å². The van der Waals surface area contributed by atoms with Gasteiger partial charge < -0.3 is 19.3 Å². The number of benzene rings is 1. The molecule has 0 spiro atoms. The third-order valence-electron chi connectivity index (χ3n) is 4.38. The van der Waals surface area contributed by atoms with Crippen molar-refractivity contribution in [1.29, 1.82) is 0 Å². The highest BCUT2D eigenvalue weighted by Crippen LogP contribution is 2.53. The van der Waals surface area contributed by atoms with Crippen LogP contribution in [0.15, 0.2) is 47.7 Å². The lowest BCUT2D eigenvalue weighted by molar-refractivity contribution is -0.152. The predicted octanol–water partition coefficient (Wildman–Crippen LogP) is 1.68. The van der Waals surface area contributed by atoms with Crippen LogP contribution in [0.3, 0.4) is 0 Å². The molecule has 6 nitrogen and oxygen atoms in total. The van der Waals surface area contributed by atoms with Gasteiger partial charge in [-0.15, -0.1) is 0 Å². The Balaban J connectivity index is 1.60. The molecule has 118 valence electrons. The zero-order chi connectivity index (χ0) is 16.1. The van der Waals surface area contributed by atoms with E-state index in [4.69, 9.17) is 14.2 Å². The lowest BCUT2D eigenvalue weighted by Gasteiger charge is -2.13. The predicted molar refractivity (Wildman–Crippen MR) is 76.5 cm³/mol. The van der Waals surface area contributed by atoms with Crippen molar-refractivity contribution in [1.82, 2.24) is 0 Å². The maximum absolute atomic E-state index is 12.1. The van der Waals surface area contributed by atoms with Gasteiger partial charge in [-0.25, -0.2) is 9.59 Å². The summed E-state index contributed by atoms with van der Waals surface area (Å²) in [5.74, 6) is -1.49. The average Bonchev–Trinajstić information content (AvgIpc) is 3.12. The number of rotatable bonds is 2. The van der Waals surface area contributed by atoms with E-state index < -0.39 is 36.4 Å². The molecule has 1 aromatic rings. The molecule has 2 heterocycles. The highest BCUT2D eigenvalue weighted by atomic mass is 16.7. The fraction of sp³-hybridized carbons (Fsp3) is 0.294. The maximum Gasteiger partial charge on any atom is 0.338 e. The van der Waals surface area contributed by atoms with Gasteiger partial charge in [0.05, 0.1) is 23.9 Å². The summed E-state index contributed by atoms with van der Waals surface area (Å²) in [5, 5.41) is 10.5. The minimum atomic E-state index is -0.859. The van der Waals surface area contributed by atoms with Gasteiger partial charge in [-0.05, 0) is 18.1 Å². The molecule has 1 saturated heterocycles. The van der Waals surface area contributed by atoms with E-state index in [2.05, 4.69) is 0 Å². The number of fused-ring (bicyclic) bond motifs is 3. The van der Waals surface area contributed by atoms with Gasteiger partial charge in [-0.1, -0.05) is 24.3 Å². The first-order valence-corrected chi connectivity index (χ1v) is 7.29. The van der Waals surface area contributed by atoms with E-state index in [1.165, 1.54) is 12.3 Å². The van der Waals surface area contributed by atoms with Crippen molar-refractivity contribution in [2.45, 2.75) is 25.4 Å². The molecule has 6 heteroatoms. The second-order valence-corrected chi connectivity index (χ2v) is 5.76. The fourth-order valence-electron chi connectivity index (χ4n) is 3.22.